The Kier molecular flexibility index (Phi) is 3.66. The van der Waals surface area contributed by atoms with Gasteiger partial charge < -0.3 is 5.32 Å². The number of hydrogen-bond donors (Lipinski definition) is 1. The maximum atomic E-state index is 13.0. The molecule has 1 N–H and O–H groups in total. The van der Waals surface area contributed by atoms with Crippen LogP contribution in [0.4, 0.5) is 4.39 Å². The van der Waals surface area contributed by atoms with E-state index in [4.69, 9.17) is 0 Å². The lowest BCUT2D eigenvalue weighted by Gasteiger charge is -2.21. The molecule has 1 heterocycles. The Labute approximate surface area is 78.3 Å². The first-order valence-corrected chi connectivity index (χ1v) is 4.78. The molecule has 0 saturated carbocycles. The molecule has 1 saturated heterocycles. The van der Waals surface area contributed by atoms with Crippen molar-refractivity contribution in [1.82, 2.24) is 10.2 Å². The van der Waals surface area contributed by atoms with Gasteiger partial charge >= 0.3 is 0 Å². The van der Waals surface area contributed by atoms with Crippen LogP contribution in [0.25, 0.3) is 0 Å². The molecule has 0 aliphatic carbocycles. The molecule has 0 aromatic carbocycles. The number of nitrogens with zero attached hydrogens (tertiary/aromatic N) is 1. The van der Waals surface area contributed by atoms with E-state index in [1.54, 1.807) is 7.05 Å². The number of carbonyl (C=O) groups is 1. The Morgan fingerprint density at radius 1 is 1.69 bits per heavy atom. The van der Waals surface area contributed by atoms with Crippen LogP contribution >= 0.6 is 0 Å². The average Bonchev–Trinajstić information content (AvgIpc) is 2.46. The van der Waals surface area contributed by atoms with Crippen LogP contribution in [0.5, 0.6) is 0 Å². The lowest BCUT2D eigenvalue weighted by molar-refractivity contribution is -0.125. The molecule has 0 spiro atoms. The van der Waals surface area contributed by atoms with Crippen molar-refractivity contribution in [2.45, 2.75) is 32.0 Å². The number of halogens is 1. The summed E-state index contributed by atoms with van der Waals surface area (Å²) in [7, 11) is 1.60. The molecule has 1 aliphatic rings. The van der Waals surface area contributed by atoms with Gasteiger partial charge in [-0.05, 0) is 13.0 Å². The molecule has 1 amide bonds. The Morgan fingerprint density at radius 2 is 2.38 bits per heavy atom. The molecule has 1 fully saturated rings. The Hall–Kier alpha value is -0.640. The van der Waals surface area contributed by atoms with Crippen molar-refractivity contribution in [3.8, 4) is 0 Å². The fourth-order valence-electron chi connectivity index (χ4n) is 1.82. The van der Waals surface area contributed by atoms with Crippen molar-refractivity contribution in [1.29, 1.82) is 0 Å². The third-order valence-electron chi connectivity index (χ3n) is 2.41. The maximum absolute atomic E-state index is 13.0. The molecule has 2 unspecified atom stereocenters. The van der Waals surface area contributed by atoms with Gasteiger partial charge in [0.05, 0.1) is 6.04 Å². The van der Waals surface area contributed by atoms with E-state index in [9.17, 15) is 9.18 Å². The normalized spacial score (nSPS) is 29.2. The predicted octanol–water partition coefficient (Wildman–Crippen LogP) is 0.555. The van der Waals surface area contributed by atoms with E-state index in [-0.39, 0.29) is 11.9 Å². The van der Waals surface area contributed by atoms with Crippen LogP contribution in [0, 0.1) is 0 Å². The van der Waals surface area contributed by atoms with Crippen molar-refractivity contribution >= 4 is 5.91 Å². The SMILES string of the molecule is CCCN1CC(F)CC1C(=O)NC. The third-order valence-corrected chi connectivity index (χ3v) is 2.41. The Balaban J connectivity index is 2.55. The monoisotopic (exact) mass is 188 g/mol. The van der Waals surface area contributed by atoms with Crippen LogP contribution in [-0.4, -0.2) is 43.2 Å². The summed E-state index contributed by atoms with van der Waals surface area (Å²) >= 11 is 0. The molecule has 3 nitrogen and oxygen atoms in total. The minimum atomic E-state index is -0.839. The topological polar surface area (TPSA) is 32.3 Å². The molecule has 2 atom stereocenters. The number of likely N-dealkylation sites (N-methyl/N-ethyl adjacent to an activating group) is 1. The molecular formula is C9H17FN2O. The molecule has 13 heavy (non-hydrogen) atoms. The summed E-state index contributed by atoms with van der Waals surface area (Å²) in [5, 5.41) is 2.57. The number of likely N-dealkylation sites (tertiary alicyclic amines) is 1. The zero-order chi connectivity index (χ0) is 9.84. The fraction of sp³-hybridized carbons (Fsp3) is 0.889. The number of carbonyl (C=O) groups excluding carboxylic acids is 1. The molecular weight excluding hydrogens is 171 g/mol. The van der Waals surface area contributed by atoms with E-state index in [0.29, 0.717) is 13.0 Å². The molecule has 0 bridgehead atoms. The van der Waals surface area contributed by atoms with Crippen LogP contribution < -0.4 is 5.32 Å². The molecule has 0 radical (unpaired) electrons. The Morgan fingerprint density at radius 3 is 2.92 bits per heavy atom. The summed E-state index contributed by atoms with van der Waals surface area (Å²) in [4.78, 5) is 13.2. The highest BCUT2D eigenvalue weighted by Gasteiger charge is 2.35. The van der Waals surface area contributed by atoms with E-state index in [0.717, 1.165) is 13.0 Å². The number of rotatable bonds is 3. The van der Waals surface area contributed by atoms with E-state index in [2.05, 4.69) is 5.32 Å². The van der Waals surface area contributed by atoms with Gasteiger partial charge in [-0.2, -0.15) is 0 Å². The second-order valence-corrected chi connectivity index (χ2v) is 3.46. The van der Waals surface area contributed by atoms with Crippen molar-refractivity contribution in [3.63, 3.8) is 0 Å². The standard InChI is InChI=1S/C9H17FN2O/c1-3-4-12-6-7(10)5-8(12)9(13)11-2/h7-8H,3-6H2,1-2H3,(H,11,13). The Bertz CT molecular complexity index is 186. The molecule has 76 valence electrons. The predicted molar refractivity (Wildman–Crippen MR) is 49.2 cm³/mol. The summed E-state index contributed by atoms with van der Waals surface area (Å²) in [6, 6.07) is -0.250. The lowest BCUT2D eigenvalue weighted by Crippen LogP contribution is -2.42. The van der Waals surface area contributed by atoms with E-state index < -0.39 is 6.17 Å². The lowest BCUT2D eigenvalue weighted by atomic mass is 10.2. The summed E-state index contributed by atoms with van der Waals surface area (Å²) in [5.74, 6) is -0.0615. The minimum Gasteiger partial charge on any atom is -0.358 e. The van der Waals surface area contributed by atoms with Gasteiger partial charge in [-0.15, -0.1) is 0 Å². The summed E-state index contributed by atoms with van der Waals surface area (Å²) in [6.07, 6.45) is 0.466. The van der Waals surface area contributed by atoms with Gasteiger partial charge in [0.1, 0.15) is 6.17 Å². The van der Waals surface area contributed by atoms with Gasteiger partial charge in [0.15, 0.2) is 0 Å². The largest absolute Gasteiger partial charge is 0.358 e. The molecule has 0 aromatic rings. The first kappa shape index (κ1) is 10.4. The molecule has 0 aromatic heterocycles. The zero-order valence-electron chi connectivity index (χ0n) is 8.22. The second-order valence-electron chi connectivity index (χ2n) is 3.46. The van der Waals surface area contributed by atoms with Gasteiger partial charge in [-0.25, -0.2) is 4.39 Å². The van der Waals surface area contributed by atoms with Gasteiger partial charge in [0.2, 0.25) is 5.91 Å². The van der Waals surface area contributed by atoms with Gasteiger partial charge in [0, 0.05) is 20.0 Å². The highest BCUT2D eigenvalue weighted by molar-refractivity contribution is 5.81. The van der Waals surface area contributed by atoms with Gasteiger partial charge in [-0.1, -0.05) is 6.92 Å². The molecule has 1 rings (SSSR count). The first-order valence-electron chi connectivity index (χ1n) is 4.78. The smallest absolute Gasteiger partial charge is 0.237 e. The number of alkyl halides is 1. The number of nitrogens with one attached hydrogen (secondary N) is 1. The third kappa shape index (κ3) is 2.40. The highest BCUT2D eigenvalue weighted by Crippen LogP contribution is 2.20. The van der Waals surface area contributed by atoms with E-state index in [1.165, 1.54) is 0 Å². The maximum Gasteiger partial charge on any atom is 0.237 e. The first-order chi connectivity index (χ1) is 6.19. The van der Waals surface area contributed by atoms with Crippen molar-refractivity contribution in [2.75, 3.05) is 20.1 Å². The summed E-state index contributed by atoms with van der Waals surface area (Å²) < 4.78 is 13.0. The van der Waals surface area contributed by atoms with Crippen LogP contribution in [0.2, 0.25) is 0 Å². The van der Waals surface area contributed by atoms with E-state index in [1.807, 2.05) is 11.8 Å². The second kappa shape index (κ2) is 4.56. The van der Waals surface area contributed by atoms with Crippen molar-refractivity contribution < 1.29 is 9.18 Å². The van der Waals surface area contributed by atoms with Gasteiger partial charge in [0.25, 0.3) is 0 Å². The quantitative estimate of drug-likeness (QED) is 0.701. The van der Waals surface area contributed by atoms with Crippen molar-refractivity contribution in [3.05, 3.63) is 0 Å². The number of hydrogen-bond acceptors (Lipinski definition) is 2. The van der Waals surface area contributed by atoms with Crippen LogP contribution in [-0.2, 0) is 4.79 Å². The minimum absolute atomic E-state index is 0.0615. The van der Waals surface area contributed by atoms with Gasteiger partial charge in [-0.3, -0.25) is 9.69 Å². The van der Waals surface area contributed by atoms with Crippen LogP contribution in [0.3, 0.4) is 0 Å². The van der Waals surface area contributed by atoms with Crippen LogP contribution in [0.1, 0.15) is 19.8 Å². The number of amides is 1. The fourth-order valence-corrected chi connectivity index (χ4v) is 1.82. The average molecular weight is 188 g/mol. The van der Waals surface area contributed by atoms with Crippen molar-refractivity contribution in [2.24, 2.45) is 0 Å². The molecule has 1 aliphatic heterocycles. The van der Waals surface area contributed by atoms with Crippen LogP contribution in [0.15, 0.2) is 0 Å². The molecule has 4 heteroatoms. The summed E-state index contributed by atoms with van der Waals surface area (Å²) in [6.45, 7) is 3.25. The zero-order valence-corrected chi connectivity index (χ0v) is 8.22. The van der Waals surface area contributed by atoms with E-state index >= 15 is 0 Å². The summed E-state index contributed by atoms with van der Waals surface area (Å²) in [5.41, 5.74) is 0. The highest BCUT2D eigenvalue weighted by atomic mass is 19.1.